The summed E-state index contributed by atoms with van der Waals surface area (Å²) in [6.45, 7) is 0.422. The summed E-state index contributed by atoms with van der Waals surface area (Å²) in [6.07, 6.45) is 8.27. The molecule has 0 unspecified atom stereocenters. The van der Waals surface area contributed by atoms with Crippen LogP contribution in [0.25, 0.3) is 16.3 Å². The van der Waals surface area contributed by atoms with E-state index in [0.717, 1.165) is 47.6 Å². The van der Waals surface area contributed by atoms with Crippen molar-refractivity contribution in [2.24, 2.45) is 0 Å². The molecule has 32 heavy (non-hydrogen) atoms. The highest BCUT2D eigenvalue weighted by atomic mass is 35.5. The second-order valence-corrected chi connectivity index (χ2v) is 9.69. The van der Waals surface area contributed by atoms with E-state index in [4.69, 9.17) is 16.6 Å². The molecule has 6 heteroatoms. The predicted molar refractivity (Wildman–Crippen MR) is 130 cm³/mol. The summed E-state index contributed by atoms with van der Waals surface area (Å²) in [7, 11) is 0. The number of amides is 1. The number of carbonyl (C=O) groups excluding carboxylic acids is 1. The van der Waals surface area contributed by atoms with E-state index in [2.05, 4.69) is 0 Å². The van der Waals surface area contributed by atoms with E-state index >= 15 is 0 Å². The van der Waals surface area contributed by atoms with Crippen molar-refractivity contribution in [3.05, 3.63) is 94.7 Å². The van der Waals surface area contributed by atoms with Crippen molar-refractivity contribution in [1.82, 2.24) is 14.5 Å². The fourth-order valence-electron chi connectivity index (χ4n) is 4.41. The van der Waals surface area contributed by atoms with Gasteiger partial charge in [-0.2, -0.15) is 0 Å². The molecule has 2 heterocycles. The van der Waals surface area contributed by atoms with Crippen LogP contribution in [-0.4, -0.2) is 26.4 Å². The van der Waals surface area contributed by atoms with Crippen LogP contribution < -0.4 is 0 Å². The summed E-state index contributed by atoms with van der Waals surface area (Å²) in [4.78, 5) is 20.7. The van der Waals surface area contributed by atoms with E-state index in [1.165, 1.54) is 11.3 Å². The van der Waals surface area contributed by atoms with E-state index in [1.807, 2.05) is 88.6 Å². The molecule has 0 saturated heterocycles. The summed E-state index contributed by atoms with van der Waals surface area (Å²) < 4.78 is 2.64. The van der Waals surface area contributed by atoms with Crippen LogP contribution in [0, 0.1) is 0 Å². The Morgan fingerprint density at radius 3 is 2.44 bits per heavy atom. The van der Waals surface area contributed by atoms with Crippen LogP contribution in [-0.2, 0) is 6.54 Å². The Morgan fingerprint density at radius 2 is 1.69 bits per heavy atom. The van der Waals surface area contributed by atoms with Crippen molar-refractivity contribution in [1.29, 1.82) is 0 Å². The number of thiazole rings is 1. The van der Waals surface area contributed by atoms with Gasteiger partial charge in [0.2, 0.25) is 0 Å². The molecule has 0 spiro atoms. The minimum absolute atomic E-state index is 0.0338. The number of hydrogen-bond acceptors (Lipinski definition) is 3. The minimum Gasteiger partial charge on any atom is -0.330 e. The maximum atomic E-state index is 13.9. The summed E-state index contributed by atoms with van der Waals surface area (Å²) >= 11 is 8.10. The van der Waals surface area contributed by atoms with Crippen molar-refractivity contribution < 1.29 is 4.79 Å². The molecule has 0 atom stereocenters. The Kier molecular flexibility index (Phi) is 6.10. The lowest BCUT2D eigenvalue weighted by Gasteiger charge is -2.29. The Morgan fingerprint density at radius 1 is 1.00 bits per heavy atom. The van der Waals surface area contributed by atoms with Crippen molar-refractivity contribution >= 4 is 28.8 Å². The topological polar surface area (TPSA) is 38.1 Å². The standard InChI is InChI=1S/C26H24ClN3OS/c27-24-22(28-25(32-24)19-10-2-1-3-11-19)18-30(20-12-4-5-13-20)26(31)21-14-6-7-15-23(21)29-16-8-9-17-29/h1-3,6-11,14-17,20H,4-5,12-13,18H2. The molecular formula is C26H24ClN3OS. The Bertz CT molecular complexity index is 1200. The van der Waals surface area contributed by atoms with Gasteiger partial charge in [-0.3, -0.25) is 4.79 Å². The van der Waals surface area contributed by atoms with Crippen LogP contribution >= 0.6 is 22.9 Å². The largest absolute Gasteiger partial charge is 0.330 e. The van der Waals surface area contributed by atoms with Gasteiger partial charge in [-0.1, -0.05) is 66.9 Å². The lowest BCUT2D eigenvalue weighted by Crippen LogP contribution is -2.39. The van der Waals surface area contributed by atoms with Crippen molar-refractivity contribution in [3.8, 4) is 16.3 Å². The van der Waals surface area contributed by atoms with Crippen LogP contribution in [0.5, 0.6) is 0 Å². The van der Waals surface area contributed by atoms with Gasteiger partial charge in [0.05, 0.1) is 23.5 Å². The molecule has 0 radical (unpaired) electrons. The Hall–Kier alpha value is -2.89. The van der Waals surface area contributed by atoms with Gasteiger partial charge < -0.3 is 9.47 Å². The average molecular weight is 462 g/mol. The lowest BCUT2D eigenvalue weighted by molar-refractivity contribution is 0.0662. The van der Waals surface area contributed by atoms with Crippen LogP contribution in [0.15, 0.2) is 79.1 Å². The fraction of sp³-hybridized carbons (Fsp3) is 0.231. The molecule has 5 rings (SSSR count). The van der Waals surface area contributed by atoms with E-state index in [-0.39, 0.29) is 11.9 Å². The molecule has 2 aromatic heterocycles. The zero-order valence-corrected chi connectivity index (χ0v) is 19.2. The number of nitrogens with zero attached hydrogens (tertiary/aromatic N) is 3. The first kappa shape index (κ1) is 21.0. The number of carbonyl (C=O) groups is 1. The smallest absolute Gasteiger partial charge is 0.256 e. The van der Waals surface area contributed by atoms with E-state index in [0.29, 0.717) is 16.4 Å². The summed E-state index contributed by atoms with van der Waals surface area (Å²) in [5, 5.41) is 0.886. The SMILES string of the molecule is O=C(c1ccccc1-n1cccc1)N(Cc1nc(-c2ccccc2)sc1Cl)C1CCCC1. The van der Waals surface area contributed by atoms with Gasteiger partial charge in [0.15, 0.2) is 0 Å². The van der Waals surface area contributed by atoms with Gasteiger partial charge in [-0.15, -0.1) is 11.3 Å². The zero-order valence-electron chi connectivity index (χ0n) is 17.7. The normalized spacial score (nSPS) is 14.0. The van der Waals surface area contributed by atoms with Crippen molar-refractivity contribution in [3.63, 3.8) is 0 Å². The third-order valence-electron chi connectivity index (χ3n) is 6.03. The number of benzene rings is 2. The van der Waals surface area contributed by atoms with Gasteiger partial charge >= 0.3 is 0 Å². The molecule has 1 fully saturated rings. The quantitative estimate of drug-likeness (QED) is 0.315. The average Bonchev–Trinajstić information content (AvgIpc) is 3.60. The minimum atomic E-state index is 0.0338. The third kappa shape index (κ3) is 4.23. The second kappa shape index (κ2) is 9.31. The molecular weight excluding hydrogens is 438 g/mol. The first-order chi connectivity index (χ1) is 15.7. The van der Waals surface area contributed by atoms with E-state index in [9.17, 15) is 4.79 Å². The first-order valence-electron chi connectivity index (χ1n) is 10.9. The number of aromatic nitrogens is 2. The predicted octanol–water partition coefficient (Wildman–Crippen LogP) is 6.84. The van der Waals surface area contributed by atoms with Crippen molar-refractivity contribution in [2.75, 3.05) is 0 Å². The fourth-order valence-corrected chi connectivity index (χ4v) is 5.54. The molecule has 1 saturated carbocycles. The molecule has 1 amide bonds. The number of hydrogen-bond donors (Lipinski definition) is 0. The summed E-state index contributed by atoms with van der Waals surface area (Å²) in [5.74, 6) is 0.0338. The summed E-state index contributed by atoms with van der Waals surface area (Å²) in [6, 6.07) is 22.0. The van der Waals surface area contributed by atoms with Crippen LogP contribution in [0.4, 0.5) is 0 Å². The highest BCUT2D eigenvalue weighted by Crippen LogP contribution is 2.34. The zero-order chi connectivity index (χ0) is 21.9. The molecule has 162 valence electrons. The monoisotopic (exact) mass is 461 g/mol. The van der Waals surface area contributed by atoms with Crippen LogP contribution in [0.2, 0.25) is 4.34 Å². The van der Waals surface area contributed by atoms with Gasteiger partial charge in [0.25, 0.3) is 5.91 Å². The molecule has 2 aromatic carbocycles. The molecule has 4 aromatic rings. The van der Waals surface area contributed by atoms with Gasteiger partial charge in [0, 0.05) is 24.0 Å². The number of halogens is 1. The third-order valence-corrected chi connectivity index (χ3v) is 7.42. The molecule has 0 bridgehead atoms. The number of para-hydroxylation sites is 1. The molecule has 0 N–H and O–H groups in total. The Labute approximate surface area is 197 Å². The van der Waals surface area contributed by atoms with Crippen LogP contribution in [0.1, 0.15) is 41.7 Å². The van der Waals surface area contributed by atoms with Crippen LogP contribution in [0.3, 0.4) is 0 Å². The molecule has 1 aliphatic rings. The number of rotatable bonds is 6. The maximum Gasteiger partial charge on any atom is 0.256 e. The second-order valence-electron chi connectivity index (χ2n) is 8.08. The molecule has 4 nitrogen and oxygen atoms in total. The highest BCUT2D eigenvalue weighted by Gasteiger charge is 2.30. The van der Waals surface area contributed by atoms with E-state index in [1.54, 1.807) is 0 Å². The van der Waals surface area contributed by atoms with E-state index < -0.39 is 0 Å². The van der Waals surface area contributed by atoms with Crippen molar-refractivity contribution in [2.45, 2.75) is 38.3 Å². The molecule has 1 aliphatic carbocycles. The van der Waals surface area contributed by atoms with Gasteiger partial charge in [-0.25, -0.2) is 4.98 Å². The first-order valence-corrected chi connectivity index (χ1v) is 12.1. The maximum absolute atomic E-state index is 13.9. The van der Waals surface area contributed by atoms with Gasteiger partial charge in [-0.05, 0) is 37.1 Å². The summed E-state index contributed by atoms with van der Waals surface area (Å²) in [5.41, 5.74) is 3.40. The van der Waals surface area contributed by atoms with Gasteiger partial charge in [0.1, 0.15) is 9.34 Å². The molecule has 0 aliphatic heterocycles. The Balaban J connectivity index is 1.49. The lowest BCUT2D eigenvalue weighted by atomic mass is 10.1. The highest BCUT2D eigenvalue weighted by molar-refractivity contribution is 7.19.